The minimum atomic E-state index is -0.640. The van der Waals surface area contributed by atoms with E-state index in [4.69, 9.17) is 11.6 Å². The van der Waals surface area contributed by atoms with Crippen molar-refractivity contribution < 1.29 is 8.78 Å². The Bertz CT molecular complexity index is 399. The number of benzene rings is 1. The zero-order valence-electron chi connectivity index (χ0n) is 10.5. The van der Waals surface area contributed by atoms with Crippen LogP contribution in [0, 0.1) is 17.6 Å². The van der Waals surface area contributed by atoms with Crippen molar-refractivity contribution in [1.82, 2.24) is 0 Å². The molecule has 2 atom stereocenters. The molecule has 0 aliphatic heterocycles. The third kappa shape index (κ3) is 2.94. The molecule has 1 saturated carbocycles. The first-order chi connectivity index (χ1) is 8.61. The monoisotopic (exact) mass is 273 g/mol. The lowest BCUT2D eigenvalue weighted by molar-refractivity contribution is 0.316. The van der Waals surface area contributed by atoms with Crippen LogP contribution in [0.1, 0.15) is 39.0 Å². The maximum absolute atomic E-state index is 13.7. The second kappa shape index (κ2) is 5.87. The molecule has 18 heavy (non-hydrogen) atoms. The van der Waals surface area contributed by atoms with Gasteiger partial charge in [0.25, 0.3) is 0 Å². The van der Waals surface area contributed by atoms with E-state index in [1.54, 1.807) is 0 Å². The fourth-order valence-corrected chi connectivity index (χ4v) is 3.00. The lowest BCUT2D eigenvalue weighted by Crippen LogP contribution is -2.32. The Labute approximate surface area is 112 Å². The molecule has 1 aliphatic carbocycles. The van der Waals surface area contributed by atoms with Gasteiger partial charge in [-0.25, -0.2) is 8.78 Å². The van der Waals surface area contributed by atoms with Crippen LogP contribution in [-0.2, 0) is 0 Å². The van der Waals surface area contributed by atoms with Crippen molar-refractivity contribution in [3.05, 3.63) is 28.8 Å². The van der Waals surface area contributed by atoms with Gasteiger partial charge in [0, 0.05) is 12.1 Å². The molecule has 0 bridgehead atoms. The highest BCUT2D eigenvalue weighted by atomic mass is 35.5. The Hall–Kier alpha value is -0.830. The Morgan fingerprint density at radius 2 is 2.00 bits per heavy atom. The molecule has 2 unspecified atom stereocenters. The maximum Gasteiger partial charge on any atom is 0.150 e. The van der Waals surface area contributed by atoms with Crippen LogP contribution in [0.25, 0.3) is 0 Å². The number of anilines is 1. The van der Waals surface area contributed by atoms with Crippen LogP contribution in [0.4, 0.5) is 14.5 Å². The van der Waals surface area contributed by atoms with Crippen LogP contribution in [-0.4, -0.2) is 6.04 Å². The van der Waals surface area contributed by atoms with Crippen molar-refractivity contribution in [3.63, 3.8) is 0 Å². The van der Waals surface area contributed by atoms with Crippen molar-refractivity contribution in [2.24, 2.45) is 5.92 Å². The molecule has 2 rings (SSSR count). The second-order valence-corrected chi connectivity index (χ2v) is 5.36. The quantitative estimate of drug-likeness (QED) is 0.817. The summed E-state index contributed by atoms with van der Waals surface area (Å²) in [7, 11) is 0. The molecule has 1 aromatic carbocycles. The van der Waals surface area contributed by atoms with Crippen LogP contribution < -0.4 is 5.32 Å². The fraction of sp³-hybridized carbons (Fsp3) is 0.571. The molecular weight excluding hydrogens is 256 g/mol. The summed E-state index contributed by atoms with van der Waals surface area (Å²) >= 11 is 5.90. The molecule has 1 aromatic rings. The molecule has 4 heteroatoms. The van der Waals surface area contributed by atoms with E-state index < -0.39 is 11.6 Å². The van der Waals surface area contributed by atoms with Crippen LogP contribution in [0.3, 0.4) is 0 Å². The van der Waals surface area contributed by atoms with Crippen LogP contribution in [0.15, 0.2) is 12.1 Å². The maximum atomic E-state index is 13.7. The van der Waals surface area contributed by atoms with Gasteiger partial charge in [0.2, 0.25) is 0 Å². The van der Waals surface area contributed by atoms with Gasteiger partial charge in [-0.05, 0) is 24.8 Å². The van der Waals surface area contributed by atoms with E-state index in [2.05, 4.69) is 12.2 Å². The smallest absolute Gasteiger partial charge is 0.150 e. The molecule has 0 saturated heterocycles. The first kappa shape index (κ1) is 13.6. The summed E-state index contributed by atoms with van der Waals surface area (Å²) in [6.45, 7) is 2.15. The van der Waals surface area contributed by atoms with Crippen molar-refractivity contribution >= 4 is 17.3 Å². The van der Waals surface area contributed by atoms with Gasteiger partial charge in [0.05, 0.1) is 10.7 Å². The first-order valence-corrected chi connectivity index (χ1v) is 6.90. The summed E-state index contributed by atoms with van der Waals surface area (Å²) in [5.41, 5.74) is 0.239. The first-order valence-electron chi connectivity index (χ1n) is 6.53. The van der Waals surface area contributed by atoms with Gasteiger partial charge in [-0.2, -0.15) is 0 Å². The van der Waals surface area contributed by atoms with E-state index in [-0.39, 0.29) is 16.8 Å². The van der Waals surface area contributed by atoms with Crippen molar-refractivity contribution in [2.75, 3.05) is 5.32 Å². The highest BCUT2D eigenvalue weighted by molar-refractivity contribution is 6.33. The third-order valence-corrected chi connectivity index (χ3v) is 4.07. The van der Waals surface area contributed by atoms with Gasteiger partial charge in [-0.15, -0.1) is 0 Å². The summed E-state index contributed by atoms with van der Waals surface area (Å²) < 4.78 is 26.7. The summed E-state index contributed by atoms with van der Waals surface area (Å²) in [5.74, 6) is -0.710. The average Bonchev–Trinajstić information content (AvgIpc) is 2.34. The fourth-order valence-electron chi connectivity index (χ4n) is 2.75. The molecule has 0 amide bonds. The van der Waals surface area contributed by atoms with Gasteiger partial charge < -0.3 is 5.32 Å². The summed E-state index contributed by atoms with van der Waals surface area (Å²) in [4.78, 5) is 0. The lowest BCUT2D eigenvalue weighted by Gasteiger charge is -2.32. The van der Waals surface area contributed by atoms with Crippen molar-refractivity contribution in [1.29, 1.82) is 0 Å². The van der Waals surface area contributed by atoms with Crippen molar-refractivity contribution in [2.45, 2.75) is 45.1 Å². The van der Waals surface area contributed by atoms with Crippen LogP contribution in [0.2, 0.25) is 5.02 Å². The van der Waals surface area contributed by atoms with Gasteiger partial charge in [0.1, 0.15) is 5.82 Å². The zero-order valence-corrected chi connectivity index (χ0v) is 11.2. The van der Waals surface area contributed by atoms with Crippen molar-refractivity contribution in [3.8, 4) is 0 Å². The van der Waals surface area contributed by atoms with E-state index in [9.17, 15) is 8.78 Å². The Balaban J connectivity index is 2.17. The molecule has 0 heterocycles. The standard InChI is InChI=1S/C14H18ClF2N/c1-2-9-5-3-4-6-13(9)18-14-11(15)7-10(16)8-12(14)17/h7-9,13,18H,2-6H2,1H3. The molecule has 1 nitrogen and oxygen atoms in total. The predicted molar refractivity (Wildman–Crippen MR) is 71.0 cm³/mol. The van der Waals surface area contributed by atoms with E-state index in [0.717, 1.165) is 37.8 Å². The predicted octanol–water partition coefficient (Wildman–Crippen LogP) is 5.00. The molecule has 1 aliphatic rings. The number of hydrogen-bond acceptors (Lipinski definition) is 1. The number of halogens is 3. The lowest BCUT2D eigenvalue weighted by atomic mass is 9.83. The summed E-state index contributed by atoms with van der Waals surface area (Å²) in [6.07, 6.45) is 5.63. The topological polar surface area (TPSA) is 12.0 Å². The number of rotatable bonds is 3. The summed E-state index contributed by atoms with van der Waals surface area (Å²) in [6, 6.07) is 2.26. The molecule has 0 radical (unpaired) electrons. The molecule has 100 valence electrons. The Morgan fingerprint density at radius 1 is 1.28 bits per heavy atom. The molecule has 0 aromatic heterocycles. The second-order valence-electron chi connectivity index (χ2n) is 4.95. The van der Waals surface area contributed by atoms with E-state index in [0.29, 0.717) is 5.92 Å². The SMILES string of the molecule is CCC1CCCCC1Nc1c(F)cc(F)cc1Cl. The molecular formula is C14H18ClF2N. The van der Waals surface area contributed by atoms with Crippen LogP contribution in [0.5, 0.6) is 0 Å². The third-order valence-electron chi connectivity index (χ3n) is 3.77. The Morgan fingerprint density at radius 3 is 2.67 bits per heavy atom. The van der Waals surface area contributed by atoms with E-state index in [1.165, 1.54) is 6.42 Å². The molecule has 1 N–H and O–H groups in total. The van der Waals surface area contributed by atoms with Gasteiger partial charge >= 0.3 is 0 Å². The minimum absolute atomic E-state index is 0.118. The van der Waals surface area contributed by atoms with Gasteiger partial charge in [-0.3, -0.25) is 0 Å². The highest BCUT2D eigenvalue weighted by Crippen LogP contribution is 2.33. The number of nitrogens with one attached hydrogen (secondary N) is 1. The van der Waals surface area contributed by atoms with E-state index >= 15 is 0 Å². The summed E-state index contributed by atoms with van der Waals surface area (Å²) in [5, 5.41) is 3.29. The number of hydrogen-bond donors (Lipinski definition) is 1. The molecule has 1 fully saturated rings. The van der Waals surface area contributed by atoms with Gasteiger partial charge in [0.15, 0.2) is 5.82 Å². The van der Waals surface area contributed by atoms with Gasteiger partial charge in [-0.1, -0.05) is 37.8 Å². The largest absolute Gasteiger partial charge is 0.378 e. The normalized spacial score (nSPS) is 24.0. The molecule has 0 spiro atoms. The Kier molecular flexibility index (Phi) is 4.44. The average molecular weight is 274 g/mol. The van der Waals surface area contributed by atoms with Crippen LogP contribution >= 0.6 is 11.6 Å². The minimum Gasteiger partial charge on any atom is -0.378 e. The zero-order chi connectivity index (χ0) is 13.1. The van der Waals surface area contributed by atoms with E-state index in [1.807, 2.05) is 0 Å². The highest BCUT2D eigenvalue weighted by Gasteiger charge is 2.25.